The number of carbonyl (C=O) groups excluding carboxylic acids is 1. The lowest BCUT2D eigenvalue weighted by Gasteiger charge is -2.43. The quantitative estimate of drug-likeness (QED) is 0.893. The average molecular weight is 336 g/mol. The Morgan fingerprint density at radius 1 is 1.04 bits per heavy atom. The van der Waals surface area contributed by atoms with Gasteiger partial charge >= 0.3 is 0 Å². The molecule has 2 aromatic carbocycles. The minimum atomic E-state index is -0.0140. The topological polar surface area (TPSA) is 41.1 Å². The summed E-state index contributed by atoms with van der Waals surface area (Å²) in [4.78, 5) is 12.9. The van der Waals surface area contributed by atoms with E-state index >= 15 is 0 Å². The zero-order valence-electron chi connectivity index (χ0n) is 15.4. The summed E-state index contributed by atoms with van der Waals surface area (Å²) in [5.74, 6) is 0.0301. The first-order valence-electron chi connectivity index (χ1n) is 9.18. The van der Waals surface area contributed by atoms with Gasteiger partial charge in [0.1, 0.15) is 0 Å². The van der Waals surface area contributed by atoms with Gasteiger partial charge in [0, 0.05) is 17.0 Å². The van der Waals surface area contributed by atoms with Crippen LogP contribution in [0.4, 0.5) is 0 Å². The molecule has 0 radical (unpaired) electrons. The fourth-order valence-corrected chi connectivity index (χ4v) is 4.02. The van der Waals surface area contributed by atoms with E-state index < -0.39 is 0 Å². The maximum atomic E-state index is 12.9. The van der Waals surface area contributed by atoms with Gasteiger partial charge in [-0.2, -0.15) is 0 Å². The molecule has 3 rings (SSSR count). The number of aryl methyl sites for hydroxylation is 1. The van der Waals surface area contributed by atoms with Crippen LogP contribution in [-0.2, 0) is 5.41 Å². The van der Waals surface area contributed by atoms with Crippen LogP contribution in [0.1, 0.15) is 46.8 Å². The Bertz CT molecular complexity index is 733. The molecule has 1 aliphatic rings. The number of piperidine rings is 1. The SMILES string of the molecule is Cc1cccc(C(=O)NC(C)C2(c3ccccc3)CCNCC2)c1C. The van der Waals surface area contributed by atoms with Crippen molar-refractivity contribution >= 4 is 5.91 Å². The van der Waals surface area contributed by atoms with Crippen LogP contribution in [-0.4, -0.2) is 25.0 Å². The van der Waals surface area contributed by atoms with Gasteiger partial charge in [-0.15, -0.1) is 0 Å². The van der Waals surface area contributed by atoms with Gasteiger partial charge < -0.3 is 10.6 Å². The van der Waals surface area contributed by atoms with E-state index in [1.807, 2.05) is 32.0 Å². The Kier molecular flexibility index (Phi) is 5.24. The minimum Gasteiger partial charge on any atom is -0.349 e. The highest BCUT2D eigenvalue weighted by molar-refractivity contribution is 5.96. The summed E-state index contributed by atoms with van der Waals surface area (Å²) in [6, 6.07) is 16.6. The normalized spacial score (nSPS) is 17.7. The van der Waals surface area contributed by atoms with Crippen LogP contribution in [0, 0.1) is 13.8 Å². The summed E-state index contributed by atoms with van der Waals surface area (Å²) in [7, 11) is 0. The molecule has 1 amide bonds. The van der Waals surface area contributed by atoms with E-state index in [1.165, 1.54) is 5.56 Å². The third-order valence-corrected chi connectivity index (χ3v) is 5.87. The predicted octanol–water partition coefficient (Wildman–Crippen LogP) is 3.74. The molecule has 0 aliphatic carbocycles. The lowest BCUT2D eigenvalue weighted by Crippen LogP contribution is -2.53. The van der Waals surface area contributed by atoms with E-state index in [9.17, 15) is 4.79 Å². The molecule has 0 spiro atoms. The molecular weight excluding hydrogens is 308 g/mol. The van der Waals surface area contributed by atoms with Crippen molar-refractivity contribution in [3.63, 3.8) is 0 Å². The van der Waals surface area contributed by atoms with Gasteiger partial charge in [0.2, 0.25) is 0 Å². The van der Waals surface area contributed by atoms with Crippen molar-refractivity contribution in [2.45, 2.75) is 45.1 Å². The molecule has 132 valence electrons. The summed E-state index contributed by atoms with van der Waals surface area (Å²) < 4.78 is 0. The summed E-state index contributed by atoms with van der Waals surface area (Å²) in [6.07, 6.45) is 2.07. The summed E-state index contributed by atoms with van der Waals surface area (Å²) in [5, 5.41) is 6.76. The second-order valence-electron chi connectivity index (χ2n) is 7.21. The fourth-order valence-electron chi connectivity index (χ4n) is 4.02. The Morgan fingerprint density at radius 3 is 2.40 bits per heavy atom. The monoisotopic (exact) mass is 336 g/mol. The highest BCUT2D eigenvalue weighted by Gasteiger charge is 2.39. The number of amides is 1. The second kappa shape index (κ2) is 7.40. The number of rotatable bonds is 4. The maximum absolute atomic E-state index is 12.9. The van der Waals surface area contributed by atoms with Crippen LogP contribution in [0.5, 0.6) is 0 Å². The van der Waals surface area contributed by atoms with Gasteiger partial charge in [0.25, 0.3) is 5.91 Å². The molecule has 1 unspecified atom stereocenters. The van der Waals surface area contributed by atoms with E-state index in [4.69, 9.17) is 0 Å². The van der Waals surface area contributed by atoms with Crippen LogP contribution in [0.25, 0.3) is 0 Å². The summed E-state index contributed by atoms with van der Waals surface area (Å²) in [6.45, 7) is 8.19. The van der Waals surface area contributed by atoms with E-state index in [2.05, 4.69) is 47.9 Å². The third kappa shape index (κ3) is 3.47. The molecule has 1 aliphatic heterocycles. The summed E-state index contributed by atoms with van der Waals surface area (Å²) in [5.41, 5.74) is 4.31. The third-order valence-electron chi connectivity index (χ3n) is 5.87. The zero-order valence-corrected chi connectivity index (χ0v) is 15.4. The molecule has 1 heterocycles. The van der Waals surface area contributed by atoms with Crippen molar-refractivity contribution in [3.05, 3.63) is 70.8 Å². The fraction of sp³-hybridized carbons (Fsp3) is 0.409. The number of carbonyl (C=O) groups is 1. The first-order chi connectivity index (χ1) is 12.0. The zero-order chi connectivity index (χ0) is 17.9. The van der Waals surface area contributed by atoms with Crippen LogP contribution in [0.2, 0.25) is 0 Å². The van der Waals surface area contributed by atoms with E-state index in [0.717, 1.165) is 42.6 Å². The number of benzene rings is 2. The van der Waals surface area contributed by atoms with Crippen LogP contribution in [0.15, 0.2) is 48.5 Å². The highest BCUT2D eigenvalue weighted by Crippen LogP contribution is 2.37. The van der Waals surface area contributed by atoms with Crippen molar-refractivity contribution in [1.82, 2.24) is 10.6 Å². The molecule has 1 saturated heterocycles. The number of nitrogens with one attached hydrogen (secondary N) is 2. The molecule has 25 heavy (non-hydrogen) atoms. The second-order valence-corrected chi connectivity index (χ2v) is 7.21. The molecule has 0 bridgehead atoms. The van der Waals surface area contributed by atoms with Gasteiger partial charge in [-0.25, -0.2) is 0 Å². The number of hydrogen-bond donors (Lipinski definition) is 2. The van der Waals surface area contributed by atoms with Gasteiger partial charge in [0.05, 0.1) is 0 Å². The first-order valence-corrected chi connectivity index (χ1v) is 9.18. The Balaban J connectivity index is 1.87. The molecule has 1 fully saturated rings. The van der Waals surface area contributed by atoms with Gasteiger partial charge in [0.15, 0.2) is 0 Å². The number of hydrogen-bond acceptors (Lipinski definition) is 2. The van der Waals surface area contributed by atoms with Crippen molar-refractivity contribution in [3.8, 4) is 0 Å². The minimum absolute atomic E-state index is 0.0140. The van der Waals surface area contributed by atoms with E-state index in [-0.39, 0.29) is 17.4 Å². The first kappa shape index (κ1) is 17.7. The lowest BCUT2D eigenvalue weighted by atomic mass is 9.68. The Labute approximate surface area is 150 Å². The molecular formula is C22H28N2O. The van der Waals surface area contributed by atoms with Crippen molar-refractivity contribution in [2.24, 2.45) is 0 Å². The molecule has 3 nitrogen and oxygen atoms in total. The molecule has 2 N–H and O–H groups in total. The van der Waals surface area contributed by atoms with E-state index in [0.29, 0.717) is 0 Å². The molecule has 2 aromatic rings. The average Bonchev–Trinajstić information content (AvgIpc) is 2.65. The largest absolute Gasteiger partial charge is 0.349 e. The van der Waals surface area contributed by atoms with Crippen LogP contribution >= 0.6 is 0 Å². The van der Waals surface area contributed by atoms with Crippen molar-refractivity contribution in [2.75, 3.05) is 13.1 Å². The van der Waals surface area contributed by atoms with Crippen molar-refractivity contribution in [1.29, 1.82) is 0 Å². The van der Waals surface area contributed by atoms with Gasteiger partial charge in [-0.05, 0) is 69.5 Å². The van der Waals surface area contributed by atoms with Gasteiger partial charge in [-0.1, -0.05) is 42.5 Å². The van der Waals surface area contributed by atoms with Crippen LogP contribution in [0.3, 0.4) is 0 Å². The molecule has 0 aromatic heterocycles. The molecule has 0 saturated carbocycles. The molecule has 1 atom stereocenters. The summed E-state index contributed by atoms with van der Waals surface area (Å²) >= 11 is 0. The Morgan fingerprint density at radius 2 is 1.72 bits per heavy atom. The maximum Gasteiger partial charge on any atom is 0.251 e. The van der Waals surface area contributed by atoms with E-state index in [1.54, 1.807) is 0 Å². The van der Waals surface area contributed by atoms with Crippen molar-refractivity contribution < 1.29 is 4.79 Å². The lowest BCUT2D eigenvalue weighted by molar-refractivity contribution is 0.0906. The Hall–Kier alpha value is -2.13. The standard InChI is InChI=1S/C22H28N2O/c1-16-8-7-11-20(17(16)2)21(25)24-18(3)22(12-14-23-15-13-22)19-9-5-4-6-10-19/h4-11,18,23H,12-15H2,1-3H3,(H,24,25). The van der Waals surface area contributed by atoms with Gasteiger partial charge in [-0.3, -0.25) is 4.79 Å². The van der Waals surface area contributed by atoms with Crippen LogP contribution < -0.4 is 10.6 Å². The predicted molar refractivity (Wildman–Crippen MR) is 103 cm³/mol. The smallest absolute Gasteiger partial charge is 0.251 e. The molecule has 3 heteroatoms. The highest BCUT2D eigenvalue weighted by atomic mass is 16.1.